The zero-order valence-corrected chi connectivity index (χ0v) is 22.6. The molecular formula is C30H48O5. The van der Waals surface area contributed by atoms with Crippen LogP contribution in [0.5, 0.6) is 0 Å². The minimum absolute atomic E-state index is 0.183. The second-order valence-electron chi connectivity index (χ2n) is 9.90. The maximum atomic E-state index is 6.10. The van der Waals surface area contributed by atoms with Gasteiger partial charge in [-0.25, -0.2) is 0 Å². The van der Waals surface area contributed by atoms with Crippen LogP contribution in [0.3, 0.4) is 0 Å². The molecule has 1 aromatic rings. The topological polar surface area (TPSA) is 46.2 Å². The van der Waals surface area contributed by atoms with Gasteiger partial charge in [0.2, 0.25) is 0 Å². The number of benzene rings is 1. The lowest BCUT2D eigenvalue weighted by atomic mass is 10.0. The minimum atomic E-state index is -0.635. The van der Waals surface area contributed by atoms with Crippen LogP contribution in [0.25, 0.3) is 0 Å². The number of methoxy groups -OCH3 is 1. The van der Waals surface area contributed by atoms with Crippen molar-refractivity contribution in [1.82, 2.24) is 0 Å². The van der Waals surface area contributed by atoms with Crippen molar-refractivity contribution in [2.75, 3.05) is 20.5 Å². The highest BCUT2D eigenvalue weighted by Crippen LogP contribution is 2.24. The van der Waals surface area contributed by atoms with E-state index in [-0.39, 0.29) is 12.2 Å². The summed E-state index contributed by atoms with van der Waals surface area (Å²) < 4.78 is 29.0. The van der Waals surface area contributed by atoms with Gasteiger partial charge >= 0.3 is 0 Å². The van der Waals surface area contributed by atoms with Gasteiger partial charge in [-0.05, 0) is 38.7 Å². The van der Waals surface area contributed by atoms with Gasteiger partial charge in [0, 0.05) is 13.5 Å². The first-order valence-electron chi connectivity index (χ1n) is 13.6. The van der Waals surface area contributed by atoms with Crippen molar-refractivity contribution in [2.45, 2.75) is 122 Å². The van der Waals surface area contributed by atoms with Crippen LogP contribution in [0, 0.1) is 11.8 Å². The Kier molecular flexibility index (Phi) is 15.3. The number of unbranched alkanes of at least 4 members (excludes halogenated alkanes) is 7. The van der Waals surface area contributed by atoms with Crippen LogP contribution in [0.2, 0.25) is 0 Å². The Morgan fingerprint density at radius 2 is 1.71 bits per heavy atom. The first-order chi connectivity index (χ1) is 17.0. The summed E-state index contributed by atoms with van der Waals surface area (Å²) >= 11 is 0. The molecule has 0 bridgehead atoms. The molecule has 1 heterocycles. The Morgan fingerprint density at radius 3 is 2.43 bits per heavy atom. The lowest BCUT2D eigenvalue weighted by Crippen LogP contribution is -2.49. The van der Waals surface area contributed by atoms with Gasteiger partial charge in [0.25, 0.3) is 0 Å². The molecule has 1 fully saturated rings. The normalized spacial score (nSPS) is 20.2. The van der Waals surface area contributed by atoms with Crippen LogP contribution in [-0.4, -0.2) is 44.6 Å². The summed E-state index contributed by atoms with van der Waals surface area (Å²) in [5.74, 6) is 6.02. The van der Waals surface area contributed by atoms with Gasteiger partial charge in [0.15, 0.2) is 5.79 Å². The van der Waals surface area contributed by atoms with E-state index in [9.17, 15) is 0 Å². The molecule has 0 saturated carbocycles. The SMILES string of the molecule is CCCCCC[C@H](CCCCCCC#C[C@@H]1OC(C)(C)OC[C@@H]1OCc1ccccc1)OCOC. The van der Waals surface area contributed by atoms with Crippen molar-refractivity contribution in [1.29, 1.82) is 0 Å². The van der Waals surface area contributed by atoms with E-state index >= 15 is 0 Å². The summed E-state index contributed by atoms with van der Waals surface area (Å²) in [5, 5.41) is 0. The molecule has 0 radical (unpaired) electrons. The summed E-state index contributed by atoms with van der Waals surface area (Å²) in [6.07, 6.45) is 12.9. The first-order valence-corrected chi connectivity index (χ1v) is 13.6. The molecule has 0 amide bonds. The van der Waals surface area contributed by atoms with E-state index in [2.05, 4.69) is 30.9 Å². The molecule has 0 aliphatic carbocycles. The molecule has 0 aromatic heterocycles. The summed E-state index contributed by atoms with van der Waals surface area (Å²) in [6, 6.07) is 10.2. The van der Waals surface area contributed by atoms with E-state index in [0.717, 1.165) is 31.2 Å². The number of rotatable bonds is 17. The lowest BCUT2D eigenvalue weighted by molar-refractivity contribution is -0.298. The standard InChI is InChI=1S/C30H48O5/c1-5-6-7-15-20-27(33-25-31-4)21-16-10-8-9-11-17-22-28-29(24-34-30(2,3)35-28)32-23-26-18-13-12-14-19-26/h12-14,18-19,27-29H,5-11,15-16,20-21,23-25H2,1-4H3/t27-,28+,29+/m1/s1. The van der Waals surface area contributed by atoms with Crippen molar-refractivity contribution in [2.24, 2.45) is 0 Å². The van der Waals surface area contributed by atoms with E-state index in [4.69, 9.17) is 23.7 Å². The number of hydrogen-bond donors (Lipinski definition) is 0. The second-order valence-corrected chi connectivity index (χ2v) is 9.90. The van der Waals surface area contributed by atoms with Crippen LogP contribution in [0.15, 0.2) is 30.3 Å². The molecule has 1 aliphatic rings. The monoisotopic (exact) mass is 488 g/mol. The fourth-order valence-corrected chi connectivity index (χ4v) is 4.21. The Balaban J connectivity index is 1.67. The molecule has 2 rings (SSSR count). The van der Waals surface area contributed by atoms with Crippen LogP contribution in [-0.2, 0) is 30.3 Å². The Hall–Kier alpha value is -1.42. The van der Waals surface area contributed by atoms with Crippen LogP contribution >= 0.6 is 0 Å². The van der Waals surface area contributed by atoms with Crippen molar-refractivity contribution < 1.29 is 23.7 Å². The fourth-order valence-electron chi connectivity index (χ4n) is 4.21. The highest BCUT2D eigenvalue weighted by molar-refractivity contribution is 5.14. The molecule has 198 valence electrons. The van der Waals surface area contributed by atoms with Crippen LogP contribution < -0.4 is 0 Å². The molecular weight excluding hydrogens is 440 g/mol. The third kappa shape index (κ3) is 13.5. The molecule has 0 spiro atoms. The molecule has 0 unspecified atom stereocenters. The molecule has 5 nitrogen and oxygen atoms in total. The highest BCUT2D eigenvalue weighted by Gasteiger charge is 2.36. The summed E-state index contributed by atoms with van der Waals surface area (Å²) in [7, 11) is 1.69. The smallest absolute Gasteiger partial charge is 0.164 e. The van der Waals surface area contributed by atoms with Gasteiger partial charge in [0.1, 0.15) is 19.0 Å². The zero-order valence-electron chi connectivity index (χ0n) is 22.6. The van der Waals surface area contributed by atoms with Crippen molar-refractivity contribution in [3.8, 4) is 11.8 Å². The molecule has 5 heteroatoms. The molecule has 1 aliphatic heterocycles. The quantitative estimate of drug-likeness (QED) is 0.134. The molecule has 1 saturated heterocycles. The van der Waals surface area contributed by atoms with E-state index in [1.54, 1.807) is 7.11 Å². The van der Waals surface area contributed by atoms with Crippen molar-refractivity contribution in [3.05, 3.63) is 35.9 Å². The van der Waals surface area contributed by atoms with E-state index in [1.807, 2.05) is 32.0 Å². The predicted octanol–water partition coefficient (Wildman–Crippen LogP) is 7.03. The number of hydrogen-bond acceptors (Lipinski definition) is 5. The van der Waals surface area contributed by atoms with Gasteiger partial charge in [-0.2, -0.15) is 0 Å². The highest BCUT2D eigenvalue weighted by atomic mass is 16.7. The minimum Gasteiger partial charge on any atom is -0.367 e. The predicted molar refractivity (Wildman–Crippen MR) is 141 cm³/mol. The van der Waals surface area contributed by atoms with E-state index < -0.39 is 5.79 Å². The van der Waals surface area contributed by atoms with Gasteiger partial charge in [-0.3, -0.25) is 0 Å². The van der Waals surface area contributed by atoms with Gasteiger partial charge in [-0.1, -0.05) is 88.1 Å². The maximum absolute atomic E-state index is 6.10. The Labute approximate surface area is 214 Å². The van der Waals surface area contributed by atoms with Crippen molar-refractivity contribution >= 4 is 0 Å². The maximum Gasteiger partial charge on any atom is 0.164 e. The molecule has 3 atom stereocenters. The Bertz CT molecular complexity index is 708. The second kappa shape index (κ2) is 17.9. The molecule has 0 N–H and O–H groups in total. The van der Waals surface area contributed by atoms with Gasteiger partial charge in [0.05, 0.1) is 19.3 Å². The summed E-state index contributed by atoms with van der Waals surface area (Å²) in [6.45, 7) is 7.54. The summed E-state index contributed by atoms with van der Waals surface area (Å²) in [4.78, 5) is 0. The zero-order chi connectivity index (χ0) is 25.2. The first kappa shape index (κ1) is 29.8. The van der Waals surface area contributed by atoms with Crippen molar-refractivity contribution in [3.63, 3.8) is 0 Å². The van der Waals surface area contributed by atoms with E-state index in [1.165, 1.54) is 44.9 Å². The average Bonchev–Trinajstić information content (AvgIpc) is 2.85. The van der Waals surface area contributed by atoms with Gasteiger partial charge < -0.3 is 23.7 Å². The molecule has 35 heavy (non-hydrogen) atoms. The fraction of sp³-hybridized carbons (Fsp3) is 0.733. The molecule has 1 aromatic carbocycles. The Morgan fingerprint density at radius 1 is 1.00 bits per heavy atom. The third-order valence-electron chi connectivity index (χ3n) is 6.27. The number of ether oxygens (including phenoxy) is 5. The lowest BCUT2D eigenvalue weighted by Gasteiger charge is -2.38. The summed E-state index contributed by atoms with van der Waals surface area (Å²) in [5.41, 5.74) is 1.14. The van der Waals surface area contributed by atoms with Crippen LogP contribution in [0.4, 0.5) is 0 Å². The average molecular weight is 489 g/mol. The van der Waals surface area contributed by atoms with Crippen LogP contribution in [0.1, 0.15) is 97.0 Å². The van der Waals surface area contributed by atoms with Gasteiger partial charge in [-0.15, -0.1) is 5.92 Å². The van der Waals surface area contributed by atoms with E-state index in [0.29, 0.717) is 26.1 Å². The third-order valence-corrected chi connectivity index (χ3v) is 6.27. The largest absolute Gasteiger partial charge is 0.367 e.